The Morgan fingerprint density at radius 3 is 2.47 bits per heavy atom. The average Bonchev–Trinajstić information content (AvgIpc) is 2.25. The summed E-state index contributed by atoms with van der Waals surface area (Å²) in [6, 6.07) is 6.15. The number of benzene rings is 1. The van der Waals surface area contributed by atoms with E-state index in [1.54, 1.807) is 7.11 Å². The van der Waals surface area contributed by atoms with Gasteiger partial charge in [0.1, 0.15) is 5.75 Å². The van der Waals surface area contributed by atoms with Gasteiger partial charge in [0.25, 0.3) is 0 Å². The number of rotatable bonds is 5. The van der Waals surface area contributed by atoms with Gasteiger partial charge in [0.2, 0.25) is 0 Å². The Labute approximate surface area is 109 Å². The summed E-state index contributed by atoms with van der Waals surface area (Å²) in [6.45, 7) is 2.01. The first-order chi connectivity index (χ1) is 7.95. The second-order valence-electron chi connectivity index (χ2n) is 4.58. The minimum atomic E-state index is 0.139. The van der Waals surface area contributed by atoms with Crippen LogP contribution in [-0.4, -0.2) is 32.1 Å². The Morgan fingerprint density at radius 1 is 1.41 bits per heavy atom. The molecule has 1 aromatic carbocycles. The van der Waals surface area contributed by atoms with Gasteiger partial charge in [-0.1, -0.05) is 17.7 Å². The van der Waals surface area contributed by atoms with Gasteiger partial charge in [-0.3, -0.25) is 0 Å². The summed E-state index contributed by atoms with van der Waals surface area (Å²) in [7, 11) is 5.71. The van der Waals surface area contributed by atoms with Crippen molar-refractivity contribution in [3.63, 3.8) is 0 Å². The van der Waals surface area contributed by atoms with Gasteiger partial charge in [0, 0.05) is 17.1 Å². The van der Waals surface area contributed by atoms with E-state index in [4.69, 9.17) is 22.1 Å². The minimum absolute atomic E-state index is 0.139. The molecule has 96 valence electrons. The highest BCUT2D eigenvalue weighted by molar-refractivity contribution is 6.31. The molecule has 4 heteroatoms. The number of ether oxygens (including phenoxy) is 1. The number of methoxy groups -OCH3 is 1. The molecular weight excluding hydrogens is 236 g/mol. The van der Waals surface area contributed by atoms with E-state index in [0.29, 0.717) is 0 Å². The molecule has 0 aromatic heterocycles. The lowest BCUT2D eigenvalue weighted by molar-refractivity contribution is 0.272. The van der Waals surface area contributed by atoms with Crippen LogP contribution >= 0.6 is 11.6 Å². The van der Waals surface area contributed by atoms with E-state index in [1.165, 1.54) is 0 Å². The summed E-state index contributed by atoms with van der Waals surface area (Å²) in [5.74, 6) is 0.775. The number of halogens is 1. The second kappa shape index (κ2) is 6.24. The Hall–Kier alpha value is -0.770. The molecule has 0 aliphatic carbocycles. The first-order valence-electron chi connectivity index (χ1n) is 5.71. The SMILES string of the molecule is COc1ccc(C(CC(C)N)N(C)C)c(Cl)c1. The standard InChI is InChI=1S/C13H21ClN2O/c1-9(15)7-13(16(2)3)11-6-5-10(17-4)8-12(11)14/h5-6,8-9,13H,7,15H2,1-4H3. The van der Waals surface area contributed by atoms with E-state index in [-0.39, 0.29) is 12.1 Å². The van der Waals surface area contributed by atoms with E-state index in [2.05, 4.69) is 4.90 Å². The van der Waals surface area contributed by atoms with Gasteiger partial charge in [-0.05, 0) is 45.1 Å². The number of nitrogens with zero attached hydrogens (tertiary/aromatic N) is 1. The molecule has 1 rings (SSSR count). The van der Waals surface area contributed by atoms with Crippen LogP contribution in [0.2, 0.25) is 5.02 Å². The molecule has 0 bridgehead atoms. The van der Waals surface area contributed by atoms with Gasteiger partial charge in [-0.15, -0.1) is 0 Å². The third kappa shape index (κ3) is 3.87. The van der Waals surface area contributed by atoms with Crippen LogP contribution in [0, 0.1) is 0 Å². The quantitative estimate of drug-likeness (QED) is 0.880. The van der Waals surface area contributed by atoms with E-state index >= 15 is 0 Å². The van der Waals surface area contributed by atoms with E-state index in [0.717, 1.165) is 22.8 Å². The molecule has 0 saturated carbocycles. The first-order valence-corrected chi connectivity index (χ1v) is 6.09. The molecule has 0 aliphatic heterocycles. The van der Waals surface area contributed by atoms with Gasteiger partial charge in [0.15, 0.2) is 0 Å². The third-order valence-corrected chi connectivity index (χ3v) is 3.11. The van der Waals surface area contributed by atoms with E-state index in [1.807, 2.05) is 39.2 Å². The predicted octanol–water partition coefficient (Wildman–Crippen LogP) is 2.69. The number of nitrogens with two attached hydrogens (primary N) is 1. The molecule has 2 N–H and O–H groups in total. The van der Waals surface area contributed by atoms with Crippen LogP contribution in [-0.2, 0) is 0 Å². The van der Waals surface area contributed by atoms with Crippen LogP contribution in [0.25, 0.3) is 0 Å². The van der Waals surface area contributed by atoms with Crippen LogP contribution in [0.5, 0.6) is 5.75 Å². The number of hydrogen-bond donors (Lipinski definition) is 1. The largest absolute Gasteiger partial charge is 0.497 e. The maximum Gasteiger partial charge on any atom is 0.120 e. The van der Waals surface area contributed by atoms with Crippen molar-refractivity contribution in [3.8, 4) is 5.75 Å². The Bertz CT molecular complexity index is 366. The van der Waals surface area contributed by atoms with Crippen molar-refractivity contribution in [3.05, 3.63) is 28.8 Å². The first kappa shape index (κ1) is 14.3. The molecule has 0 saturated heterocycles. The van der Waals surface area contributed by atoms with Gasteiger partial charge in [-0.25, -0.2) is 0 Å². The highest BCUT2D eigenvalue weighted by Crippen LogP contribution is 2.32. The molecule has 1 aromatic rings. The number of hydrogen-bond acceptors (Lipinski definition) is 3. The summed E-state index contributed by atoms with van der Waals surface area (Å²) < 4.78 is 5.15. The van der Waals surface area contributed by atoms with Gasteiger partial charge in [0.05, 0.1) is 7.11 Å². The van der Waals surface area contributed by atoms with Crippen LogP contribution in [0.3, 0.4) is 0 Å². The molecule has 3 nitrogen and oxygen atoms in total. The fraction of sp³-hybridized carbons (Fsp3) is 0.538. The Kier molecular flexibility index (Phi) is 5.25. The molecule has 2 unspecified atom stereocenters. The maximum atomic E-state index is 6.28. The average molecular weight is 257 g/mol. The maximum absolute atomic E-state index is 6.28. The zero-order valence-corrected chi connectivity index (χ0v) is 11.7. The summed E-state index contributed by atoms with van der Waals surface area (Å²) >= 11 is 6.28. The second-order valence-corrected chi connectivity index (χ2v) is 4.99. The van der Waals surface area contributed by atoms with Crippen molar-refractivity contribution in [1.29, 1.82) is 0 Å². The Morgan fingerprint density at radius 2 is 2.06 bits per heavy atom. The summed E-state index contributed by atoms with van der Waals surface area (Å²) in [4.78, 5) is 2.14. The van der Waals surface area contributed by atoms with Crippen molar-refractivity contribution in [2.75, 3.05) is 21.2 Å². The monoisotopic (exact) mass is 256 g/mol. The van der Waals surface area contributed by atoms with E-state index in [9.17, 15) is 0 Å². The van der Waals surface area contributed by atoms with Crippen LogP contribution in [0.15, 0.2) is 18.2 Å². The molecule has 0 radical (unpaired) electrons. The Balaban J connectivity index is 3.01. The van der Waals surface area contributed by atoms with Gasteiger partial charge < -0.3 is 15.4 Å². The molecule has 2 atom stereocenters. The van der Waals surface area contributed by atoms with E-state index < -0.39 is 0 Å². The minimum Gasteiger partial charge on any atom is -0.497 e. The summed E-state index contributed by atoms with van der Waals surface area (Å²) in [5, 5.41) is 0.726. The highest BCUT2D eigenvalue weighted by Gasteiger charge is 2.18. The van der Waals surface area contributed by atoms with Crippen LogP contribution in [0.1, 0.15) is 24.9 Å². The van der Waals surface area contributed by atoms with Crippen molar-refractivity contribution >= 4 is 11.6 Å². The zero-order valence-electron chi connectivity index (χ0n) is 10.9. The molecule has 0 heterocycles. The predicted molar refractivity (Wildman–Crippen MR) is 72.7 cm³/mol. The van der Waals surface area contributed by atoms with Crippen molar-refractivity contribution in [2.45, 2.75) is 25.4 Å². The molecular formula is C13H21ClN2O. The summed E-state index contributed by atoms with van der Waals surface area (Å²) in [5.41, 5.74) is 6.97. The van der Waals surface area contributed by atoms with Crippen LogP contribution < -0.4 is 10.5 Å². The van der Waals surface area contributed by atoms with Gasteiger partial charge >= 0.3 is 0 Å². The third-order valence-electron chi connectivity index (χ3n) is 2.79. The molecule has 0 fully saturated rings. The molecule has 17 heavy (non-hydrogen) atoms. The summed E-state index contributed by atoms with van der Waals surface area (Å²) in [6.07, 6.45) is 0.874. The lowest BCUT2D eigenvalue weighted by Crippen LogP contribution is -2.27. The van der Waals surface area contributed by atoms with Crippen molar-refractivity contribution in [1.82, 2.24) is 4.90 Å². The normalized spacial score (nSPS) is 14.8. The lowest BCUT2D eigenvalue weighted by atomic mass is 9.99. The fourth-order valence-corrected chi connectivity index (χ4v) is 2.17. The molecule has 0 amide bonds. The van der Waals surface area contributed by atoms with Crippen LogP contribution in [0.4, 0.5) is 0 Å². The molecule has 0 aliphatic rings. The van der Waals surface area contributed by atoms with Crippen molar-refractivity contribution in [2.24, 2.45) is 5.73 Å². The zero-order chi connectivity index (χ0) is 13.0. The van der Waals surface area contributed by atoms with Gasteiger partial charge in [-0.2, -0.15) is 0 Å². The van der Waals surface area contributed by atoms with Crippen molar-refractivity contribution < 1.29 is 4.74 Å². The highest BCUT2D eigenvalue weighted by atomic mass is 35.5. The molecule has 0 spiro atoms. The fourth-order valence-electron chi connectivity index (χ4n) is 1.87. The smallest absolute Gasteiger partial charge is 0.120 e. The topological polar surface area (TPSA) is 38.5 Å². The lowest BCUT2D eigenvalue weighted by Gasteiger charge is -2.27.